The molecule has 0 aliphatic carbocycles. The molecule has 0 atom stereocenters. The van der Waals surface area contributed by atoms with E-state index in [-0.39, 0.29) is 22.6 Å². The summed E-state index contributed by atoms with van der Waals surface area (Å²) in [4.78, 5) is 10.1. The second kappa shape index (κ2) is 6.81. The number of nitro benzene ring substituents is 1. The molecule has 0 bridgehead atoms. The van der Waals surface area contributed by atoms with Crippen molar-refractivity contribution in [3.8, 4) is 11.5 Å². The van der Waals surface area contributed by atoms with Gasteiger partial charge in [0.2, 0.25) is 5.75 Å². The van der Waals surface area contributed by atoms with E-state index in [1.807, 2.05) is 20.8 Å². The predicted octanol–water partition coefficient (Wildman–Crippen LogP) is 4.32. The molecule has 0 fully saturated rings. The Kier molecular flexibility index (Phi) is 5.15. The zero-order chi connectivity index (χ0) is 18.8. The molecule has 0 aliphatic rings. The summed E-state index contributed by atoms with van der Waals surface area (Å²) in [7, 11) is -4.55. The fourth-order valence-corrected chi connectivity index (χ4v) is 2.83. The van der Waals surface area contributed by atoms with E-state index >= 15 is 0 Å². The zero-order valence-electron chi connectivity index (χ0n) is 14.1. The Morgan fingerprint density at radius 3 is 2.36 bits per heavy atom. The summed E-state index contributed by atoms with van der Waals surface area (Å²) >= 11 is 0. The van der Waals surface area contributed by atoms with E-state index in [2.05, 4.69) is 0 Å². The van der Waals surface area contributed by atoms with E-state index < -0.39 is 19.9 Å². The number of nitrogens with zero attached hydrogens (tertiary/aromatic N) is 1. The monoisotopic (exact) mass is 365 g/mol. The highest BCUT2D eigenvalue weighted by atomic mass is 32.2. The molecule has 7 nitrogen and oxygen atoms in total. The SMILES string of the molecule is CCC(C)(C)c1ccc(S(=O)(=O)O)c(Oc2ccccc2[N+](=O)[O-])c1. The van der Waals surface area contributed by atoms with E-state index in [4.69, 9.17) is 4.74 Å². The predicted molar refractivity (Wildman–Crippen MR) is 92.7 cm³/mol. The topological polar surface area (TPSA) is 107 Å². The molecular weight excluding hydrogens is 346 g/mol. The summed E-state index contributed by atoms with van der Waals surface area (Å²) < 4.78 is 38.2. The lowest BCUT2D eigenvalue weighted by Crippen LogP contribution is -2.16. The van der Waals surface area contributed by atoms with Crippen LogP contribution in [0.1, 0.15) is 32.8 Å². The van der Waals surface area contributed by atoms with Crippen molar-refractivity contribution >= 4 is 15.8 Å². The van der Waals surface area contributed by atoms with Crippen LogP contribution in [0, 0.1) is 10.1 Å². The van der Waals surface area contributed by atoms with Gasteiger partial charge in [-0.3, -0.25) is 14.7 Å². The van der Waals surface area contributed by atoms with Crippen molar-refractivity contribution in [3.05, 3.63) is 58.1 Å². The maximum atomic E-state index is 11.6. The third kappa shape index (κ3) is 4.15. The van der Waals surface area contributed by atoms with Crippen molar-refractivity contribution in [3.63, 3.8) is 0 Å². The average molecular weight is 365 g/mol. The minimum atomic E-state index is -4.55. The van der Waals surface area contributed by atoms with Crippen LogP contribution < -0.4 is 4.74 Å². The number of hydrogen-bond acceptors (Lipinski definition) is 5. The third-order valence-corrected chi connectivity index (χ3v) is 5.06. The number of para-hydroxylation sites is 2. The molecule has 0 aromatic heterocycles. The number of nitro groups is 1. The molecule has 0 radical (unpaired) electrons. The van der Waals surface area contributed by atoms with Gasteiger partial charge in [0, 0.05) is 6.07 Å². The Bertz CT molecular complexity index is 905. The van der Waals surface area contributed by atoms with Crippen LogP contribution in [-0.2, 0) is 15.5 Å². The minimum absolute atomic E-state index is 0.108. The standard InChI is InChI=1S/C17H19NO6S/c1-4-17(2,3)12-9-10-16(25(21,22)23)15(11-12)24-14-8-6-5-7-13(14)18(19)20/h5-11H,4H2,1-3H3,(H,21,22,23). The smallest absolute Gasteiger partial charge is 0.311 e. The van der Waals surface area contributed by atoms with Gasteiger partial charge in [0.05, 0.1) is 4.92 Å². The van der Waals surface area contributed by atoms with Gasteiger partial charge in [0.1, 0.15) is 10.6 Å². The first-order valence-electron chi connectivity index (χ1n) is 7.59. The van der Waals surface area contributed by atoms with Gasteiger partial charge in [-0.25, -0.2) is 0 Å². The number of benzene rings is 2. The van der Waals surface area contributed by atoms with Crippen LogP contribution in [0.25, 0.3) is 0 Å². The lowest BCUT2D eigenvalue weighted by atomic mass is 9.82. The van der Waals surface area contributed by atoms with Crippen molar-refractivity contribution in [2.45, 2.75) is 37.5 Å². The molecule has 1 N–H and O–H groups in total. The maximum Gasteiger partial charge on any atom is 0.311 e. The molecule has 8 heteroatoms. The highest BCUT2D eigenvalue weighted by Gasteiger charge is 2.25. The fourth-order valence-electron chi connectivity index (χ4n) is 2.24. The van der Waals surface area contributed by atoms with Gasteiger partial charge in [-0.15, -0.1) is 0 Å². The van der Waals surface area contributed by atoms with Gasteiger partial charge < -0.3 is 4.74 Å². The van der Waals surface area contributed by atoms with Crippen LogP contribution in [0.4, 0.5) is 5.69 Å². The molecule has 2 rings (SSSR count). The van der Waals surface area contributed by atoms with Crippen molar-refractivity contribution < 1.29 is 22.6 Å². The number of rotatable bonds is 6. The lowest BCUT2D eigenvalue weighted by molar-refractivity contribution is -0.385. The molecule has 2 aromatic rings. The highest BCUT2D eigenvalue weighted by Crippen LogP contribution is 2.37. The number of ether oxygens (including phenoxy) is 1. The summed E-state index contributed by atoms with van der Waals surface area (Å²) in [5.74, 6) is -0.264. The second-order valence-electron chi connectivity index (χ2n) is 6.20. The first kappa shape index (κ1) is 18.9. The molecule has 134 valence electrons. The van der Waals surface area contributed by atoms with Crippen molar-refractivity contribution in [2.24, 2.45) is 0 Å². The van der Waals surface area contributed by atoms with Gasteiger partial charge in [0.15, 0.2) is 0 Å². The van der Waals surface area contributed by atoms with Crippen molar-refractivity contribution in [1.29, 1.82) is 0 Å². The molecule has 0 heterocycles. The second-order valence-corrected chi connectivity index (χ2v) is 7.59. The molecule has 0 amide bonds. The Morgan fingerprint density at radius 2 is 1.80 bits per heavy atom. The molecule has 0 saturated heterocycles. The summed E-state index contributed by atoms with van der Waals surface area (Å²) in [6.07, 6.45) is 0.781. The Morgan fingerprint density at radius 1 is 1.16 bits per heavy atom. The molecule has 25 heavy (non-hydrogen) atoms. The normalized spacial score (nSPS) is 12.0. The largest absolute Gasteiger partial charge is 0.449 e. The van der Waals surface area contributed by atoms with Crippen LogP contribution in [-0.4, -0.2) is 17.9 Å². The summed E-state index contributed by atoms with van der Waals surface area (Å²) in [6.45, 7) is 5.94. The maximum absolute atomic E-state index is 11.6. The number of hydrogen-bond donors (Lipinski definition) is 1. The van der Waals surface area contributed by atoms with E-state index in [9.17, 15) is 23.1 Å². The van der Waals surface area contributed by atoms with Crippen molar-refractivity contribution in [1.82, 2.24) is 0 Å². The summed E-state index contributed by atoms with van der Waals surface area (Å²) in [5.41, 5.74) is 0.221. The quantitative estimate of drug-likeness (QED) is 0.464. The van der Waals surface area contributed by atoms with E-state index in [1.54, 1.807) is 6.07 Å². The van der Waals surface area contributed by atoms with Crippen LogP contribution in [0.15, 0.2) is 47.4 Å². The van der Waals surface area contributed by atoms with E-state index in [0.717, 1.165) is 12.0 Å². The third-order valence-electron chi connectivity index (χ3n) is 4.17. The Balaban J connectivity index is 2.62. The minimum Gasteiger partial charge on any atom is -0.449 e. The summed E-state index contributed by atoms with van der Waals surface area (Å²) in [5, 5.41) is 11.1. The zero-order valence-corrected chi connectivity index (χ0v) is 14.9. The van der Waals surface area contributed by atoms with Crippen LogP contribution in [0.5, 0.6) is 11.5 Å². The fraction of sp³-hybridized carbons (Fsp3) is 0.294. The van der Waals surface area contributed by atoms with Gasteiger partial charge in [-0.05, 0) is 35.6 Å². The van der Waals surface area contributed by atoms with Crippen LogP contribution >= 0.6 is 0 Å². The van der Waals surface area contributed by atoms with Crippen LogP contribution in [0.2, 0.25) is 0 Å². The summed E-state index contributed by atoms with van der Waals surface area (Å²) in [6, 6.07) is 9.96. The van der Waals surface area contributed by atoms with Crippen LogP contribution in [0.3, 0.4) is 0 Å². The first-order chi connectivity index (χ1) is 11.6. The van der Waals surface area contributed by atoms with E-state index in [0.29, 0.717) is 0 Å². The average Bonchev–Trinajstić information content (AvgIpc) is 2.54. The molecule has 0 saturated carbocycles. The molecular formula is C17H19NO6S. The molecule has 0 aliphatic heterocycles. The van der Waals surface area contributed by atoms with E-state index in [1.165, 1.54) is 36.4 Å². The van der Waals surface area contributed by atoms with Gasteiger partial charge in [-0.1, -0.05) is 39.0 Å². The highest BCUT2D eigenvalue weighted by molar-refractivity contribution is 7.86. The molecule has 2 aromatic carbocycles. The Labute approximate surface area is 146 Å². The molecule has 0 spiro atoms. The van der Waals surface area contributed by atoms with Gasteiger partial charge in [0.25, 0.3) is 10.1 Å². The lowest BCUT2D eigenvalue weighted by Gasteiger charge is -2.24. The first-order valence-corrected chi connectivity index (χ1v) is 9.03. The van der Waals surface area contributed by atoms with Gasteiger partial charge in [-0.2, -0.15) is 8.42 Å². The Hall–Kier alpha value is -2.45. The van der Waals surface area contributed by atoms with Crippen molar-refractivity contribution in [2.75, 3.05) is 0 Å². The van der Waals surface area contributed by atoms with Gasteiger partial charge >= 0.3 is 5.69 Å². The molecule has 0 unspecified atom stereocenters.